The molecule has 0 bridgehead atoms. The molecule has 0 spiro atoms. The quantitative estimate of drug-likeness (QED) is 0.657. The van der Waals surface area contributed by atoms with E-state index >= 15 is 0 Å². The molecule has 0 saturated heterocycles. The fourth-order valence-electron chi connectivity index (χ4n) is 2.83. The number of rotatable bonds is 7. The van der Waals surface area contributed by atoms with Gasteiger partial charge in [0, 0.05) is 18.2 Å². The summed E-state index contributed by atoms with van der Waals surface area (Å²) < 4.78 is 12.4. The van der Waals surface area contributed by atoms with Crippen molar-refractivity contribution in [2.24, 2.45) is 0 Å². The first-order chi connectivity index (χ1) is 13.2. The van der Waals surface area contributed by atoms with E-state index < -0.39 is 0 Å². The standard InChI is InChI=1S/C22H22N2O3/c1-26-20-11-10-17(13-21(20)27-2)14-23-22(25)16-24-12-6-9-19(15-24)18-7-4-3-5-8-18/h3-13,15H,14,16H2,1-2H3/p+1. The van der Waals surface area contributed by atoms with Crippen molar-refractivity contribution in [3.8, 4) is 22.6 Å². The highest BCUT2D eigenvalue weighted by molar-refractivity contribution is 5.74. The Morgan fingerprint density at radius 3 is 2.41 bits per heavy atom. The van der Waals surface area contributed by atoms with E-state index in [1.807, 2.05) is 65.5 Å². The van der Waals surface area contributed by atoms with Crippen molar-refractivity contribution in [3.05, 3.63) is 78.6 Å². The molecule has 0 unspecified atom stereocenters. The Labute approximate surface area is 159 Å². The summed E-state index contributed by atoms with van der Waals surface area (Å²) in [4.78, 5) is 12.3. The summed E-state index contributed by atoms with van der Waals surface area (Å²) in [6, 6.07) is 19.7. The van der Waals surface area contributed by atoms with Gasteiger partial charge in [-0.3, -0.25) is 4.79 Å². The maximum absolute atomic E-state index is 12.3. The summed E-state index contributed by atoms with van der Waals surface area (Å²) in [5.74, 6) is 1.26. The summed E-state index contributed by atoms with van der Waals surface area (Å²) >= 11 is 0. The van der Waals surface area contributed by atoms with Crippen molar-refractivity contribution in [2.75, 3.05) is 14.2 Å². The Bertz CT molecular complexity index is 910. The second-order valence-corrected chi connectivity index (χ2v) is 6.10. The molecule has 0 aliphatic rings. The molecule has 1 N–H and O–H groups in total. The second kappa shape index (κ2) is 8.85. The van der Waals surface area contributed by atoms with E-state index in [1.165, 1.54) is 0 Å². The number of nitrogens with zero attached hydrogens (tertiary/aromatic N) is 1. The number of ether oxygens (including phenoxy) is 2. The molecule has 138 valence electrons. The number of hydrogen-bond acceptors (Lipinski definition) is 3. The molecular weight excluding hydrogens is 340 g/mol. The third-order valence-electron chi connectivity index (χ3n) is 4.23. The lowest BCUT2D eigenvalue weighted by Gasteiger charge is -2.10. The van der Waals surface area contributed by atoms with Gasteiger partial charge in [-0.15, -0.1) is 0 Å². The zero-order valence-electron chi connectivity index (χ0n) is 15.5. The fraction of sp³-hybridized carbons (Fsp3) is 0.182. The van der Waals surface area contributed by atoms with E-state index in [4.69, 9.17) is 9.47 Å². The summed E-state index contributed by atoms with van der Waals surface area (Å²) in [6.07, 6.45) is 3.87. The van der Waals surface area contributed by atoms with Crippen molar-refractivity contribution < 1.29 is 18.8 Å². The molecule has 27 heavy (non-hydrogen) atoms. The monoisotopic (exact) mass is 363 g/mol. The van der Waals surface area contributed by atoms with Crippen molar-refractivity contribution in [1.29, 1.82) is 0 Å². The summed E-state index contributed by atoms with van der Waals surface area (Å²) in [5, 5.41) is 2.94. The predicted molar refractivity (Wildman–Crippen MR) is 103 cm³/mol. The number of benzene rings is 2. The van der Waals surface area contributed by atoms with Gasteiger partial charge in [0.05, 0.1) is 14.2 Å². The minimum Gasteiger partial charge on any atom is -0.493 e. The largest absolute Gasteiger partial charge is 0.493 e. The van der Waals surface area contributed by atoms with Crippen LogP contribution in [0.3, 0.4) is 0 Å². The summed E-state index contributed by atoms with van der Waals surface area (Å²) in [7, 11) is 3.19. The predicted octanol–water partition coefficient (Wildman–Crippen LogP) is 2.97. The van der Waals surface area contributed by atoms with Gasteiger partial charge in [0.2, 0.25) is 6.54 Å². The molecule has 3 aromatic rings. The number of carbonyl (C=O) groups is 1. The minimum absolute atomic E-state index is 0.0556. The number of carbonyl (C=O) groups excluding carboxylic acids is 1. The molecule has 1 aromatic heterocycles. The number of aromatic nitrogens is 1. The molecule has 0 saturated carbocycles. The van der Waals surface area contributed by atoms with Crippen LogP contribution in [-0.2, 0) is 17.9 Å². The molecule has 0 fully saturated rings. The topological polar surface area (TPSA) is 51.4 Å². The van der Waals surface area contributed by atoms with Crippen LogP contribution in [0.5, 0.6) is 11.5 Å². The molecule has 5 nitrogen and oxygen atoms in total. The van der Waals surface area contributed by atoms with Gasteiger partial charge in [-0.1, -0.05) is 36.4 Å². The van der Waals surface area contributed by atoms with Gasteiger partial charge in [0.25, 0.3) is 5.91 Å². The van der Waals surface area contributed by atoms with E-state index in [9.17, 15) is 4.79 Å². The first-order valence-corrected chi connectivity index (χ1v) is 8.71. The van der Waals surface area contributed by atoms with Gasteiger partial charge in [-0.05, 0) is 29.3 Å². The Balaban J connectivity index is 1.61. The lowest BCUT2D eigenvalue weighted by Crippen LogP contribution is -2.42. The fourth-order valence-corrected chi connectivity index (χ4v) is 2.83. The van der Waals surface area contributed by atoms with Gasteiger partial charge in [-0.25, -0.2) is 0 Å². The Hall–Kier alpha value is -3.34. The van der Waals surface area contributed by atoms with Crippen LogP contribution in [-0.4, -0.2) is 20.1 Å². The molecule has 5 heteroatoms. The molecule has 1 heterocycles. The molecule has 2 aromatic carbocycles. The highest BCUT2D eigenvalue weighted by Crippen LogP contribution is 2.27. The first kappa shape index (κ1) is 18.5. The van der Waals surface area contributed by atoms with Crippen LogP contribution in [0.2, 0.25) is 0 Å². The number of methoxy groups -OCH3 is 2. The maximum Gasteiger partial charge on any atom is 0.286 e. The molecule has 1 amide bonds. The normalized spacial score (nSPS) is 10.3. The van der Waals surface area contributed by atoms with Crippen LogP contribution < -0.4 is 19.4 Å². The Morgan fingerprint density at radius 2 is 1.67 bits per heavy atom. The number of pyridine rings is 1. The van der Waals surface area contributed by atoms with Crippen LogP contribution in [0, 0.1) is 0 Å². The Kier molecular flexibility index (Phi) is 6.05. The minimum atomic E-state index is -0.0556. The van der Waals surface area contributed by atoms with Crippen LogP contribution >= 0.6 is 0 Å². The molecule has 0 aliphatic carbocycles. The molecule has 3 rings (SSSR count). The lowest BCUT2D eigenvalue weighted by molar-refractivity contribution is -0.684. The van der Waals surface area contributed by atoms with Crippen LogP contribution in [0.15, 0.2) is 73.1 Å². The number of amides is 1. The summed E-state index contributed by atoms with van der Waals surface area (Å²) in [5.41, 5.74) is 3.15. The smallest absolute Gasteiger partial charge is 0.286 e. The third kappa shape index (κ3) is 4.85. The lowest BCUT2D eigenvalue weighted by atomic mass is 10.1. The average molecular weight is 363 g/mol. The van der Waals surface area contributed by atoms with E-state index in [2.05, 4.69) is 17.4 Å². The molecular formula is C22H23N2O3+. The van der Waals surface area contributed by atoms with Gasteiger partial charge in [0.15, 0.2) is 23.9 Å². The maximum atomic E-state index is 12.3. The molecule has 0 atom stereocenters. The van der Waals surface area contributed by atoms with Gasteiger partial charge in [-0.2, -0.15) is 4.57 Å². The van der Waals surface area contributed by atoms with E-state index in [0.29, 0.717) is 18.0 Å². The Morgan fingerprint density at radius 1 is 0.926 bits per heavy atom. The van der Waals surface area contributed by atoms with Gasteiger partial charge >= 0.3 is 0 Å². The second-order valence-electron chi connectivity index (χ2n) is 6.10. The van der Waals surface area contributed by atoms with Crippen molar-refractivity contribution in [3.63, 3.8) is 0 Å². The highest BCUT2D eigenvalue weighted by atomic mass is 16.5. The summed E-state index contributed by atoms with van der Waals surface area (Å²) in [6.45, 7) is 0.687. The molecule has 0 radical (unpaired) electrons. The van der Waals surface area contributed by atoms with Gasteiger partial charge in [0.1, 0.15) is 0 Å². The van der Waals surface area contributed by atoms with Crippen molar-refractivity contribution in [2.45, 2.75) is 13.1 Å². The van der Waals surface area contributed by atoms with Crippen LogP contribution in [0.25, 0.3) is 11.1 Å². The van der Waals surface area contributed by atoms with Crippen LogP contribution in [0.4, 0.5) is 0 Å². The third-order valence-corrected chi connectivity index (χ3v) is 4.23. The number of nitrogens with one attached hydrogen (secondary N) is 1. The van der Waals surface area contributed by atoms with Crippen molar-refractivity contribution in [1.82, 2.24) is 5.32 Å². The van der Waals surface area contributed by atoms with E-state index in [-0.39, 0.29) is 12.5 Å². The van der Waals surface area contributed by atoms with E-state index in [0.717, 1.165) is 16.7 Å². The zero-order chi connectivity index (χ0) is 19.1. The van der Waals surface area contributed by atoms with Gasteiger partial charge < -0.3 is 14.8 Å². The SMILES string of the molecule is COc1ccc(CNC(=O)C[n+]2cccc(-c3ccccc3)c2)cc1OC. The molecule has 0 aliphatic heterocycles. The first-order valence-electron chi connectivity index (χ1n) is 8.71. The van der Waals surface area contributed by atoms with Crippen molar-refractivity contribution >= 4 is 5.91 Å². The highest BCUT2D eigenvalue weighted by Gasteiger charge is 2.11. The number of hydrogen-bond donors (Lipinski definition) is 1. The van der Waals surface area contributed by atoms with E-state index in [1.54, 1.807) is 14.2 Å². The zero-order valence-corrected chi connectivity index (χ0v) is 15.5. The average Bonchev–Trinajstić information content (AvgIpc) is 2.73. The van der Waals surface area contributed by atoms with Crippen LogP contribution in [0.1, 0.15) is 5.56 Å².